The maximum Gasteiger partial charge on any atom is 0.328 e. The molecular weight excluding hydrogens is 257 g/mol. The number of carbonyl (C=O) groups is 1. The van der Waals surface area contributed by atoms with Crippen LogP contribution in [0.5, 0.6) is 0 Å². The molecule has 0 aliphatic heterocycles. The molecule has 0 radical (unpaired) electrons. The molecule has 1 saturated carbocycles. The van der Waals surface area contributed by atoms with Crippen molar-refractivity contribution in [3.63, 3.8) is 0 Å². The average molecular weight is 279 g/mol. The molecule has 1 aliphatic rings. The third-order valence-electron chi connectivity index (χ3n) is 3.97. The molecule has 1 aromatic rings. The van der Waals surface area contributed by atoms with Crippen LogP contribution in [-0.2, 0) is 9.53 Å². The van der Waals surface area contributed by atoms with Gasteiger partial charge < -0.3 is 10.1 Å². The van der Waals surface area contributed by atoms with Gasteiger partial charge in [-0.15, -0.1) is 0 Å². The van der Waals surface area contributed by atoms with E-state index >= 15 is 0 Å². The summed E-state index contributed by atoms with van der Waals surface area (Å²) < 4.78 is 18.2. The number of hydrogen-bond donors (Lipinski definition) is 1. The van der Waals surface area contributed by atoms with E-state index in [0.29, 0.717) is 5.69 Å². The maximum absolute atomic E-state index is 13.3. The van der Waals surface area contributed by atoms with E-state index in [9.17, 15) is 9.18 Å². The van der Waals surface area contributed by atoms with Gasteiger partial charge in [0, 0.05) is 5.69 Å². The Morgan fingerprint density at radius 1 is 1.30 bits per heavy atom. The zero-order valence-corrected chi connectivity index (χ0v) is 11.9. The van der Waals surface area contributed by atoms with Gasteiger partial charge >= 0.3 is 5.97 Å². The zero-order valence-electron chi connectivity index (χ0n) is 11.9. The highest BCUT2D eigenvalue weighted by Crippen LogP contribution is 2.28. The van der Waals surface area contributed by atoms with Crippen molar-refractivity contribution in [1.82, 2.24) is 0 Å². The van der Waals surface area contributed by atoms with Gasteiger partial charge in [-0.05, 0) is 37.0 Å². The van der Waals surface area contributed by atoms with Crippen LogP contribution in [-0.4, -0.2) is 19.1 Å². The van der Waals surface area contributed by atoms with Gasteiger partial charge in [0.2, 0.25) is 0 Å². The number of hydrogen-bond acceptors (Lipinski definition) is 3. The Labute approximate surface area is 119 Å². The van der Waals surface area contributed by atoms with Gasteiger partial charge in [0.05, 0.1) is 7.11 Å². The molecule has 1 aromatic carbocycles. The van der Waals surface area contributed by atoms with Crippen LogP contribution in [0, 0.1) is 11.7 Å². The average Bonchev–Trinajstić information content (AvgIpc) is 2.73. The number of benzene rings is 1. The van der Waals surface area contributed by atoms with E-state index < -0.39 is 0 Å². The molecular formula is C16H22FNO2. The number of methoxy groups -OCH3 is 1. The third-order valence-corrected chi connectivity index (χ3v) is 3.97. The molecule has 4 heteroatoms. The monoisotopic (exact) mass is 279 g/mol. The fourth-order valence-electron chi connectivity index (χ4n) is 2.90. The molecule has 0 aromatic heterocycles. The smallest absolute Gasteiger partial charge is 0.328 e. The summed E-state index contributed by atoms with van der Waals surface area (Å²) in [4.78, 5) is 12.0. The van der Waals surface area contributed by atoms with E-state index in [-0.39, 0.29) is 23.7 Å². The Balaban J connectivity index is 2.12. The molecule has 1 aliphatic carbocycles. The van der Waals surface area contributed by atoms with E-state index in [4.69, 9.17) is 4.74 Å². The standard InChI is InChI=1S/C16H22FNO2/c1-20-16(19)15(12-7-4-2-3-5-8-12)18-14-10-6-9-13(17)11-14/h6,9-12,15,18H,2-5,7-8H2,1H3. The molecule has 3 nitrogen and oxygen atoms in total. The lowest BCUT2D eigenvalue weighted by molar-refractivity contribution is -0.142. The first-order chi connectivity index (χ1) is 9.70. The second-order valence-electron chi connectivity index (χ2n) is 5.41. The van der Waals surface area contributed by atoms with Gasteiger partial charge in [0.25, 0.3) is 0 Å². The summed E-state index contributed by atoms with van der Waals surface area (Å²) in [5.41, 5.74) is 0.629. The van der Waals surface area contributed by atoms with Crippen molar-refractivity contribution in [2.45, 2.75) is 44.6 Å². The fraction of sp³-hybridized carbons (Fsp3) is 0.562. The fourth-order valence-corrected chi connectivity index (χ4v) is 2.90. The van der Waals surface area contributed by atoms with E-state index in [2.05, 4.69) is 5.32 Å². The van der Waals surface area contributed by atoms with E-state index in [0.717, 1.165) is 25.7 Å². The van der Waals surface area contributed by atoms with E-state index in [1.165, 1.54) is 32.1 Å². The van der Waals surface area contributed by atoms with Gasteiger partial charge in [0.1, 0.15) is 11.9 Å². The topological polar surface area (TPSA) is 38.3 Å². The molecule has 0 bridgehead atoms. The van der Waals surface area contributed by atoms with Crippen molar-refractivity contribution in [1.29, 1.82) is 0 Å². The van der Waals surface area contributed by atoms with Crippen molar-refractivity contribution in [2.75, 3.05) is 12.4 Å². The molecule has 0 heterocycles. The van der Waals surface area contributed by atoms with Crippen molar-refractivity contribution in [3.05, 3.63) is 30.1 Å². The molecule has 0 amide bonds. The van der Waals surface area contributed by atoms with Gasteiger partial charge in [-0.3, -0.25) is 0 Å². The molecule has 2 rings (SSSR count). The Morgan fingerprint density at radius 2 is 2.00 bits per heavy atom. The van der Waals surface area contributed by atoms with Crippen LogP contribution in [0.4, 0.5) is 10.1 Å². The Morgan fingerprint density at radius 3 is 2.60 bits per heavy atom. The highest BCUT2D eigenvalue weighted by molar-refractivity contribution is 5.79. The molecule has 0 saturated heterocycles. The van der Waals surface area contributed by atoms with Gasteiger partial charge in [-0.2, -0.15) is 0 Å². The quantitative estimate of drug-likeness (QED) is 0.674. The van der Waals surface area contributed by atoms with E-state index in [1.807, 2.05) is 0 Å². The lowest BCUT2D eigenvalue weighted by Crippen LogP contribution is -2.37. The van der Waals surface area contributed by atoms with Crippen LogP contribution in [0.25, 0.3) is 0 Å². The number of anilines is 1. The summed E-state index contributed by atoms with van der Waals surface area (Å²) in [5, 5.41) is 3.15. The molecule has 1 fully saturated rings. The molecule has 0 spiro atoms. The van der Waals surface area contributed by atoms with Crippen LogP contribution in [0.2, 0.25) is 0 Å². The van der Waals surface area contributed by atoms with Crippen LogP contribution >= 0.6 is 0 Å². The first-order valence-electron chi connectivity index (χ1n) is 7.30. The Kier molecular flexibility index (Phi) is 5.39. The lowest BCUT2D eigenvalue weighted by Gasteiger charge is -2.25. The minimum absolute atomic E-state index is 0.258. The summed E-state index contributed by atoms with van der Waals surface area (Å²) in [6.45, 7) is 0. The SMILES string of the molecule is COC(=O)C(Nc1cccc(F)c1)C1CCCCCC1. The zero-order chi connectivity index (χ0) is 14.4. The lowest BCUT2D eigenvalue weighted by atomic mass is 9.91. The summed E-state index contributed by atoms with van der Waals surface area (Å²) in [5.74, 6) is -0.311. The highest BCUT2D eigenvalue weighted by atomic mass is 19.1. The summed E-state index contributed by atoms with van der Waals surface area (Å²) >= 11 is 0. The summed E-state index contributed by atoms with van der Waals surface area (Å²) in [6.07, 6.45) is 6.77. The number of carbonyl (C=O) groups excluding carboxylic acids is 1. The summed E-state index contributed by atoms with van der Waals surface area (Å²) in [7, 11) is 1.40. The molecule has 110 valence electrons. The van der Waals surface area contributed by atoms with Gasteiger partial charge in [0.15, 0.2) is 0 Å². The number of rotatable bonds is 4. The van der Waals surface area contributed by atoms with Crippen LogP contribution in [0.3, 0.4) is 0 Å². The van der Waals surface area contributed by atoms with Gasteiger partial charge in [-0.25, -0.2) is 9.18 Å². The number of ether oxygens (including phenoxy) is 1. The van der Waals surface area contributed by atoms with Gasteiger partial charge in [-0.1, -0.05) is 31.7 Å². The minimum Gasteiger partial charge on any atom is -0.467 e. The molecule has 1 N–H and O–H groups in total. The van der Waals surface area contributed by atoms with Crippen LogP contribution in [0.1, 0.15) is 38.5 Å². The number of halogens is 1. The second-order valence-corrected chi connectivity index (χ2v) is 5.41. The first kappa shape index (κ1) is 14.8. The molecule has 1 atom stereocenters. The van der Waals surface area contributed by atoms with Crippen LogP contribution in [0.15, 0.2) is 24.3 Å². The number of nitrogens with one attached hydrogen (secondary N) is 1. The largest absolute Gasteiger partial charge is 0.467 e. The normalized spacial score (nSPS) is 18.1. The minimum atomic E-state index is -0.389. The molecule has 1 unspecified atom stereocenters. The maximum atomic E-state index is 13.3. The predicted octanol–water partition coefficient (Wildman–Crippen LogP) is 3.75. The van der Waals surface area contributed by atoms with Crippen molar-refractivity contribution >= 4 is 11.7 Å². The Hall–Kier alpha value is -1.58. The first-order valence-corrected chi connectivity index (χ1v) is 7.30. The van der Waals surface area contributed by atoms with Crippen molar-refractivity contribution in [2.24, 2.45) is 5.92 Å². The third kappa shape index (κ3) is 3.95. The number of esters is 1. The highest BCUT2D eigenvalue weighted by Gasteiger charge is 2.29. The van der Waals surface area contributed by atoms with Crippen molar-refractivity contribution in [3.8, 4) is 0 Å². The Bertz CT molecular complexity index is 442. The van der Waals surface area contributed by atoms with Crippen molar-refractivity contribution < 1.29 is 13.9 Å². The van der Waals surface area contributed by atoms with E-state index in [1.54, 1.807) is 12.1 Å². The summed E-state index contributed by atoms with van der Waals surface area (Å²) in [6, 6.07) is 5.82. The molecule has 20 heavy (non-hydrogen) atoms. The van der Waals surface area contributed by atoms with Crippen LogP contribution < -0.4 is 5.32 Å². The second kappa shape index (κ2) is 7.27. The predicted molar refractivity (Wildman–Crippen MR) is 77.0 cm³/mol.